The topological polar surface area (TPSA) is 43.8 Å². The van der Waals surface area contributed by atoms with E-state index in [4.69, 9.17) is 0 Å². The molecule has 1 saturated carbocycles. The summed E-state index contributed by atoms with van der Waals surface area (Å²) < 4.78 is 0. The molecule has 1 unspecified atom stereocenters. The monoisotopic (exact) mass is 276 g/mol. The molecule has 0 radical (unpaired) electrons. The van der Waals surface area contributed by atoms with Gasteiger partial charge in [0.1, 0.15) is 0 Å². The van der Waals surface area contributed by atoms with Crippen LogP contribution in [0.4, 0.5) is 0 Å². The van der Waals surface area contributed by atoms with Gasteiger partial charge in [-0.25, -0.2) is 0 Å². The van der Waals surface area contributed by atoms with E-state index in [-0.39, 0.29) is 12.0 Å². The van der Waals surface area contributed by atoms with Gasteiger partial charge < -0.3 is 14.9 Å². The molecule has 1 N–H and O–H groups in total. The molecule has 0 spiro atoms. The molecule has 0 saturated heterocycles. The molecule has 4 nitrogen and oxygen atoms in total. The second-order valence-corrected chi connectivity index (χ2v) is 6.03. The molecule has 1 aliphatic carbocycles. The number of carbonyl (C=O) groups excluding carboxylic acids is 1. The smallest absolute Gasteiger partial charge is 0.253 e. The molecule has 1 fully saturated rings. The molecule has 4 heteroatoms. The lowest BCUT2D eigenvalue weighted by Gasteiger charge is -2.21. The fraction of sp³-hybridized carbons (Fsp3) is 0.562. The minimum absolute atomic E-state index is 0.0268. The van der Waals surface area contributed by atoms with Gasteiger partial charge in [-0.05, 0) is 50.6 Å². The third-order valence-corrected chi connectivity index (χ3v) is 3.67. The Bertz CT molecular complexity index is 452. The van der Waals surface area contributed by atoms with Crippen molar-refractivity contribution in [2.45, 2.75) is 25.5 Å². The zero-order chi connectivity index (χ0) is 14.7. The number of likely N-dealkylation sites (N-methyl/N-ethyl adjacent to an activating group) is 1. The first-order valence-electron chi connectivity index (χ1n) is 7.14. The van der Waals surface area contributed by atoms with E-state index in [0.717, 1.165) is 19.4 Å². The Morgan fingerprint density at radius 3 is 2.35 bits per heavy atom. The fourth-order valence-electron chi connectivity index (χ4n) is 2.33. The first-order valence-corrected chi connectivity index (χ1v) is 7.14. The summed E-state index contributed by atoms with van der Waals surface area (Å²) in [5, 5.41) is 9.90. The van der Waals surface area contributed by atoms with E-state index in [1.54, 1.807) is 11.9 Å². The summed E-state index contributed by atoms with van der Waals surface area (Å²) in [6.45, 7) is 1.29. The van der Waals surface area contributed by atoms with Crippen molar-refractivity contribution in [3.05, 3.63) is 35.4 Å². The van der Waals surface area contributed by atoms with E-state index >= 15 is 0 Å². The van der Waals surface area contributed by atoms with Gasteiger partial charge in [0, 0.05) is 25.7 Å². The number of aliphatic hydroxyl groups excluding tert-OH is 1. The minimum Gasteiger partial charge on any atom is -0.391 e. The summed E-state index contributed by atoms with van der Waals surface area (Å²) in [4.78, 5) is 16.0. The summed E-state index contributed by atoms with van der Waals surface area (Å²) >= 11 is 0. The maximum atomic E-state index is 12.3. The van der Waals surface area contributed by atoms with Crippen LogP contribution in [0.2, 0.25) is 0 Å². The maximum absolute atomic E-state index is 12.3. The zero-order valence-electron chi connectivity index (χ0n) is 12.5. The predicted molar refractivity (Wildman–Crippen MR) is 79.5 cm³/mol. The Morgan fingerprint density at radius 2 is 1.85 bits per heavy atom. The van der Waals surface area contributed by atoms with E-state index in [1.807, 2.05) is 38.4 Å². The average molecular weight is 276 g/mol. The molecule has 0 aliphatic heterocycles. The van der Waals surface area contributed by atoms with Crippen molar-refractivity contribution < 1.29 is 9.90 Å². The summed E-state index contributed by atoms with van der Waals surface area (Å²) in [5.41, 5.74) is 1.87. The SMILES string of the molecule is CN(C)Cc1ccc(C(=O)N(C)CC(O)C2CC2)cc1. The van der Waals surface area contributed by atoms with Crippen molar-refractivity contribution in [1.82, 2.24) is 9.80 Å². The fourth-order valence-corrected chi connectivity index (χ4v) is 2.33. The van der Waals surface area contributed by atoms with Crippen LogP contribution in [0.15, 0.2) is 24.3 Å². The number of hydrogen-bond donors (Lipinski definition) is 1. The van der Waals surface area contributed by atoms with Gasteiger partial charge in [-0.3, -0.25) is 4.79 Å². The molecule has 0 aromatic heterocycles. The van der Waals surface area contributed by atoms with Gasteiger partial charge in [0.15, 0.2) is 0 Å². The second kappa shape index (κ2) is 6.37. The van der Waals surface area contributed by atoms with Crippen molar-refractivity contribution >= 4 is 5.91 Å². The number of nitrogens with zero attached hydrogens (tertiary/aromatic N) is 2. The Kier molecular flexibility index (Phi) is 4.78. The first kappa shape index (κ1) is 15.0. The summed E-state index contributed by atoms with van der Waals surface area (Å²) in [6, 6.07) is 7.69. The van der Waals surface area contributed by atoms with Crippen molar-refractivity contribution in [3.63, 3.8) is 0 Å². The van der Waals surface area contributed by atoms with Crippen LogP contribution < -0.4 is 0 Å². The van der Waals surface area contributed by atoms with Crippen molar-refractivity contribution in [2.75, 3.05) is 27.7 Å². The van der Waals surface area contributed by atoms with Crippen LogP contribution in [0.3, 0.4) is 0 Å². The molecule has 2 rings (SSSR count). The zero-order valence-corrected chi connectivity index (χ0v) is 12.5. The normalized spacial score (nSPS) is 16.2. The Hall–Kier alpha value is -1.39. The summed E-state index contributed by atoms with van der Waals surface area (Å²) in [6.07, 6.45) is 1.79. The molecule has 1 aromatic rings. The van der Waals surface area contributed by atoms with E-state index in [2.05, 4.69) is 4.90 Å². The van der Waals surface area contributed by atoms with Crippen LogP contribution in [0.1, 0.15) is 28.8 Å². The molecule has 1 aromatic carbocycles. The standard InChI is InChI=1S/C16H24N2O2/c1-17(2)10-12-4-6-14(7-5-12)16(20)18(3)11-15(19)13-8-9-13/h4-7,13,15,19H,8-11H2,1-3H3. The summed E-state index contributed by atoms with van der Waals surface area (Å²) in [7, 11) is 5.79. The van der Waals surface area contributed by atoms with Crippen molar-refractivity contribution in [2.24, 2.45) is 5.92 Å². The lowest BCUT2D eigenvalue weighted by Crippen LogP contribution is -2.35. The first-order chi connectivity index (χ1) is 9.47. The van der Waals surface area contributed by atoms with Gasteiger partial charge in [-0.1, -0.05) is 12.1 Å². The van der Waals surface area contributed by atoms with Gasteiger partial charge in [-0.15, -0.1) is 0 Å². The molecule has 0 bridgehead atoms. The van der Waals surface area contributed by atoms with Gasteiger partial charge >= 0.3 is 0 Å². The molecular formula is C16H24N2O2. The molecular weight excluding hydrogens is 252 g/mol. The number of carbonyl (C=O) groups is 1. The second-order valence-electron chi connectivity index (χ2n) is 6.03. The van der Waals surface area contributed by atoms with Crippen LogP contribution >= 0.6 is 0 Å². The lowest BCUT2D eigenvalue weighted by molar-refractivity contribution is 0.0645. The number of amides is 1. The molecule has 0 heterocycles. The minimum atomic E-state index is -0.378. The van der Waals surface area contributed by atoms with E-state index in [0.29, 0.717) is 18.0 Å². The predicted octanol–water partition coefficient (Wildman–Crippen LogP) is 1.59. The highest BCUT2D eigenvalue weighted by Crippen LogP contribution is 2.32. The number of benzene rings is 1. The molecule has 1 amide bonds. The van der Waals surface area contributed by atoms with E-state index in [9.17, 15) is 9.90 Å². The Labute approximate surface area is 121 Å². The van der Waals surface area contributed by atoms with Gasteiger partial charge in [0.05, 0.1) is 6.10 Å². The number of aliphatic hydroxyl groups is 1. The highest BCUT2D eigenvalue weighted by molar-refractivity contribution is 5.94. The average Bonchev–Trinajstić information content (AvgIpc) is 3.22. The van der Waals surface area contributed by atoms with Crippen LogP contribution in [0, 0.1) is 5.92 Å². The molecule has 110 valence electrons. The maximum Gasteiger partial charge on any atom is 0.253 e. The number of hydrogen-bond acceptors (Lipinski definition) is 3. The lowest BCUT2D eigenvalue weighted by atomic mass is 10.1. The third-order valence-electron chi connectivity index (χ3n) is 3.67. The van der Waals surface area contributed by atoms with Gasteiger partial charge in [-0.2, -0.15) is 0 Å². The highest BCUT2D eigenvalue weighted by Gasteiger charge is 2.31. The van der Waals surface area contributed by atoms with Crippen LogP contribution in [0.25, 0.3) is 0 Å². The van der Waals surface area contributed by atoms with Crippen LogP contribution in [0.5, 0.6) is 0 Å². The van der Waals surface area contributed by atoms with E-state index in [1.165, 1.54) is 5.56 Å². The van der Waals surface area contributed by atoms with E-state index < -0.39 is 0 Å². The summed E-state index contributed by atoms with van der Waals surface area (Å²) in [5.74, 6) is 0.369. The highest BCUT2D eigenvalue weighted by atomic mass is 16.3. The van der Waals surface area contributed by atoms with Crippen LogP contribution in [-0.4, -0.2) is 54.6 Å². The number of rotatable bonds is 6. The Morgan fingerprint density at radius 1 is 1.25 bits per heavy atom. The quantitative estimate of drug-likeness (QED) is 0.858. The van der Waals surface area contributed by atoms with Gasteiger partial charge in [0.25, 0.3) is 5.91 Å². The molecule has 1 aliphatic rings. The van der Waals surface area contributed by atoms with Crippen LogP contribution in [-0.2, 0) is 6.54 Å². The Balaban J connectivity index is 1.93. The van der Waals surface area contributed by atoms with Crippen molar-refractivity contribution in [3.8, 4) is 0 Å². The molecule has 1 atom stereocenters. The molecule has 20 heavy (non-hydrogen) atoms. The van der Waals surface area contributed by atoms with Crippen molar-refractivity contribution in [1.29, 1.82) is 0 Å². The largest absolute Gasteiger partial charge is 0.391 e. The van der Waals surface area contributed by atoms with Gasteiger partial charge in [0.2, 0.25) is 0 Å². The third kappa shape index (κ3) is 4.05.